The maximum Gasteiger partial charge on any atom is 0.439 e. The number of nitrogens with one attached hydrogen (secondary N) is 1. The summed E-state index contributed by atoms with van der Waals surface area (Å²) in [7, 11) is 0. The summed E-state index contributed by atoms with van der Waals surface area (Å²) in [5.41, 5.74) is 5.66. The van der Waals surface area contributed by atoms with Gasteiger partial charge in [-0.1, -0.05) is 67.0 Å². The molecule has 1 fully saturated rings. The summed E-state index contributed by atoms with van der Waals surface area (Å²) in [6.07, 6.45) is 3.85. The van der Waals surface area contributed by atoms with Gasteiger partial charge >= 0.3 is 5.76 Å². The van der Waals surface area contributed by atoms with Crippen molar-refractivity contribution in [3.05, 3.63) is 116 Å². The van der Waals surface area contributed by atoms with E-state index in [9.17, 15) is 9.59 Å². The van der Waals surface area contributed by atoms with Gasteiger partial charge in [0.1, 0.15) is 17.7 Å². The quantitative estimate of drug-likeness (QED) is 0.206. The van der Waals surface area contributed by atoms with Gasteiger partial charge in [0.05, 0.1) is 23.6 Å². The fourth-order valence-corrected chi connectivity index (χ4v) is 6.08. The minimum absolute atomic E-state index is 0.0600. The SMILES string of the molecule is CCCc1nc(C)n(-c2ccc(OC3CCOC(C)(C)C3)cc2)c(=O)c1Cc1ccc(-c2ccccc2-c2noc(=O)[nH]2)cc1. The van der Waals surface area contributed by atoms with Crippen molar-refractivity contribution in [3.8, 4) is 34.0 Å². The lowest BCUT2D eigenvalue weighted by Crippen LogP contribution is -2.39. The number of H-pyrrole nitrogens is 1. The van der Waals surface area contributed by atoms with Crippen molar-refractivity contribution in [1.82, 2.24) is 19.7 Å². The van der Waals surface area contributed by atoms with E-state index in [0.29, 0.717) is 30.2 Å². The highest BCUT2D eigenvalue weighted by Crippen LogP contribution is 2.31. The summed E-state index contributed by atoms with van der Waals surface area (Å²) < 4.78 is 18.5. The molecule has 9 nitrogen and oxygen atoms in total. The number of rotatable bonds is 9. The van der Waals surface area contributed by atoms with Crippen LogP contribution in [0.2, 0.25) is 0 Å². The van der Waals surface area contributed by atoms with Crippen LogP contribution >= 0.6 is 0 Å². The van der Waals surface area contributed by atoms with Gasteiger partial charge in [-0.25, -0.2) is 9.78 Å². The maximum absolute atomic E-state index is 14.1. The smallest absolute Gasteiger partial charge is 0.439 e. The van der Waals surface area contributed by atoms with E-state index in [4.69, 9.17) is 19.0 Å². The van der Waals surface area contributed by atoms with Gasteiger partial charge in [0.15, 0.2) is 5.82 Å². The summed E-state index contributed by atoms with van der Waals surface area (Å²) in [4.78, 5) is 33.2. The summed E-state index contributed by atoms with van der Waals surface area (Å²) in [6.45, 7) is 8.84. The van der Waals surface area contributed by atoms with Crippen LogP contribution in [-0.2, 0) is 17.6 Å². The summed E-state index contributed by atoms with van der Waals surface area (Å²) in [5, 5.41) is 3.86. The Bertz CT molecular complexity index is 1900. The second kappa shape index (κ2) is 12.7. The number of aromatic amines is 1. The van der Waals surface area contributed by atoms with Gasteiger partial charge in [-0.3, -0.25) is 18.9 Å². The first kappa shape index (κ1) is 30.3. The Morgan fingerprint density at radius 2 is 1.73 bits per heavy atom. The average Bonchev–Trinajstić information content (AvgIpc) is 3.46. The van der Waals surface area contributed by atoms with Crippen LogP contribution in [-0.4, -0.2) is 38.0 Å². The molecule has 1 unspecified atom stereocenters. The molecule has 3 heterocycles. The summed E-state index contributed by atoms with van der Waals surface area (Å²) in [5.74, 6) is 1.21. The van der Waals surface area contributed by atoms with Crippen LogP contribution in [0.25, 0.3) is 28.2 Å². The van der Waals surface area contributed by atoms with Crippen molar-refractivity contribution in [2.24, 2.45) is 0 Å². The fourth-order valence-electron chi connectivity index (χ4n) is 6.08. The molecule has 0 aliphatic carbocycles. The van der Waals surface area contributed by atoms with Crippen LogP contribution in [0.5, 0.6) is 5.75 Å². The second-order valence-corrected chi connectivity index (χ2v) is 12.2. The monoisotopic (exact) mass is 606 g/mol. The predicted molar refractivity (Wildman–Crippen MR) is 173 cm³/mol. The summed E-state index contributed by atoms with van der Waals surface area (Å²) >= 11 is 0. The molecule has 1 N–H and O–H groups in total. The van der Waals surface area contributed by atoms with Crippen LogP contribution in [0.3, 0.4) is 0 Å². The first-order chi connectivity index (χ1) is 21.7. The van der Waals surface area contributed by atoms with Gasteiger partial charge < -0.3 is 9.47 Å². The molecule has 0 radical (unpaired) electrons. The summed E-state index contributed by atoms with van der Waals surface area (Å²) in [6, 6.07) is 23.5. The molecule has 9 heteroatoms. The van der Waals surface area contributed by atoms with E-state index in [0.717, 1.165) is 65.1 Å². The second-order valence-electron chi connectivity index (χ2n) is 12.2. The van der Waals surface area contributed by atoms with Crippen molar-refractivity contribution >= 4 is 0 Å². The molecule has 2 aromatic heterocycles. The molecular weight excluding hydrogens is 568 g/mol. The topological polar surface area (TPSA) is 112 Å². The third-order valence-corrected chi connectivity index (χ3v) is 8.23. The Morgan fingerprint density at radius 3 is 2.40 bits per heavy atom. The van der Waals surface area contributed by atoms with E-state index in [1.807, 2.05) is 79.7 Å². The first-order valence-electron chi connectivity index (χ1n) is 15.5. The van der Waals surface area contributed by atoms with Gasteiger partial charge in [-0.2, -0.15) is 0 Å². The molecule has 5 aromatic rings. The largest absolute Gasteiger partial charge is 0.490 e. The molecule has 6 rings (SSSR count). The number of ether oxygens (including phenoxy) is 2. The molecule has 1 atom stereocenters. The minimum atomic E-state index is -0.598. The van der Waals surface area contributed by atoms with Crippen LogP contribution in [0, 0.1) is 6.92 Å². The van der Waals surface area contributed by atoms with Crippen molar-refractivity contribution in [2.75, 3.05) is 6.61 Å². The van der Waals surface area contributed by atoms with Crippen LogP contribution in [0.15, 0.2) is 86.9 Å². The van der Waals surface area contributed by atoms with Crippen molar-refractivity contribution in [1.29, 1.82) is 0 Å². The van der Waals surface area contributed by atoms with E-state index in [1.54, 1.807) is 4.57 Å². The number of hydrogen-bond donors (Lipinski definition) is 1. The van der Waals surface area contributed by atoms with Gasteiger partial charge in [-0.05, 0) is 68.1 Å². The van der Waals surface area contributed by atoms with E-state index < -0.39 is 5.76 Å². The Morgan fingerprint density at radius 1 is 1.00 bits per heavy atom. The highest BCUT2D eigenvalue weighted by molar-refractivity contribution is 5.80. The third-order valence-electron chi connectivity index (χ3n) is 8.23. The molecule has 0 saturated carbocycles. The lowest BCUT2D eigenvalue weighted by Gasteiger charge is -2.35. The first-order valence-corrected chi connectivity index (χ1v) is 15.5. The van der Waals surface area contributed by atoms with Crippen molar-refractivity contribution < 1.29 is 14.0 Å². The Labute approximate surface area is 261 Å². The predicted octanol–water partition coefficient (Wildman–Crippen LogP) is 6.43. The molecule has 1 aliphatic heterocycles. The highest BCUT2D eigenvalue weighted by atomic mass is 16.5. The van der Waals surface area contributed by atoms with Crippen molar-refractivity contribution in [2.45, 2.75) is 71.5 Å². The average molecular weight is 607 g/mol. The van der Waals surface area contributed by atoms with Gasteiger partial charge in [-0.15, -0.1) is 0 Å². The molecule has 1 saturated heterocycles. The van der Waals surface area contributed by atoms with Crippen LogP contribution in [0.1, 0.15) is 62.7 Å². The Balaban J connectivity index is 1.27. The standard InChI is InChI=1S/C36H38N4O5/c1-5-8-32-31(21-24-11-13-25(14-12-24)29-9-6-7-10-30(29)33-38-35(42)45-39-33)34(41)40(23(2)37-32)26-15-17-27(18-16-26)44-28-19-20-43-36(3,4)22-28/h6-7,9-18,28H,5,8,19-22H2,1-4H3,(H,38,39,42). The Kier molecular flexibility index (Phi) is 8.54. The lowest BCUT2D eigenvalue weighted by atomic mass is 9.96. The number of nitrogens with zero attached hydrogens (tertiary/aromatic N) is 3. The van der Waals surface area contributed by atoms with E-state index in [-0.39, 0.29) is 17.3 Å². The van der Waals surface area contributed by atoms with E-state index in [2.05, 4.69) is 30.9 Å². The molecule has 1 aliphatic rings. The van der Waals surface area contributed by atoms with Crippen LogP contribution in [0.4, 0.5) is 0 Å². The van der Waals surface area contributed by atoms with E-state index >= 15 is 0 Å². The number of benzene rings is 3. The molecular formula is C36H38N4O5. The minimum Gasteiger partial charge on any atom is -0.490 e. The molecule has 0 amide bonds. The molecule has 232 valence electrons. The highest BCUT2D eigenvalue weighted by Gasteiger charge is 2.30. The zero-order valence-electron chi connectivity index (χ0n) is 26.1. The van der Waals surface area contributed by atoms with Crippen LogP contribution < -0.4 is 16.1 Å². The maximum atomic E-state index is 14.1. The number of hydrogen-bond acceptors (Lipinski definition) is 7. The van der Waals surface area contributed by atoms with Crippen molar-refractivity contribution in [3.63, 3.8) is 0 Å². The Hall–Kier alpha value is -4.76. The third kappa shape index (κ3) is 6.68. The number of aryl methyl sites for hydroxylation is 2. The molecule has 45 heavy (non-hydrogen) atoms. The molecule has 3 aromatic carbocycles. The molecule has 0 bridgehead atoms. The fraction of sp³-hybridized carbons (Fsp3) is 0.333. The normalized spacial score (nSPS) is 16.0. The molecule has 0 spiro atoms. The zero-order chi connectivity index (χ0) is 31.6. The van der Waals surface area contributed by atoms with E-state index in [1.165, 1.54) is 0 Å². The number of aromatic nitrogens is 4. The zero-order valence-corrected chi connectivity index (χ0v) is 26.1. The van der Waals surface area contributed by atoms with Gasteiger partial charge in [0.2, 0.25) is 0 Å². The lowest BCUT2D eigenvalue weighted by molar-refractivity contribution is -0.0897. The van der Waals surface area contributed by atoms with Gasteiger partial charge in [0, 0.05) is 30.4 Å². The van der Waals surface area contributed by atoms with Gasteiger partial charge in [0.25, 0.3) is 5.56 Å².